The van der Waals surface area contributed by atoms with Gasteiger partial charge in [0, 0.05) is 16.1 Å². The van der Waals surface area contributed by atoms with E-state index < -0.39 is 0 Å². The molecule has 1 heterocycles. The van der Waals surface area contributed by atoms with E-state index in [0.29, 0.717) is 22.6 Å². The van der Waals surface area contributed by atoms with Crippen molar-refractivity contribution in [2.75, 3.05) is 0 Å². The molecule has 0 aliphatic carbocycles. The third-order valence-electron chi connectivity index (χ3n) is 3.27. The molecule has 0 atom stereocenters. The van der Waals surface area contributed by atoms with Crippen molar-refractivity contribution in [2.45, 2.75) is 6.54 Å². The Bertz CT molecular complexity index is 815. The van der Waals surface area contributed by atoms with E-state index in [9.17, 15) is 9.18 Å². The number of benzene rings is 2. The van der Waals surface area contributed by atoms with Crippen LogP contribution < -0.4 is 0 Å². The van der Waals surface area contributed by atoms with Gasteiger partial charge in [0.05, 0.1) is 12.2 Å². The molecule has 0 aliphatic heterocycles. The van der Waals surface area contributed by atoms with Crippen molar-refractivity contribution in [2.24, 2.45) is 0 Å². The normalized spacial score (nSPS) is 10.6. The SMILES string of the molecule is O=Cc1nnn(Cc2ccccc2F)c1-c1ccc(Cl)cc1. The summed E-state index contributed by atoms with van der Waals surface area (Å²) in [5, 5.41) is 8.39. The number of aldehydes is 1. The van der Waals surface area contributed by atoms with Gasteiger partial charge in [-0.2, -0.15) is 0 Å². The van der Waals surface area contributed by atoms with Crippen molar-refractivity contribution >= 4 is 17.9 Å². The van der Waals surface area contributed by atoms with Gasteiger partial charge in [-0.3, -0.25) is 4.79 Å². The van der Waals surface area contributed by atoms with Crippen molar-refractivity contribution in [1.82, 2.24) is 15.0 Å². The maximum absolute atomic E-state index is 13.8. The Morgan fingerprint density at radius 3 is 2.55 bits per heavy atom. The zero-order chi connectivity index (χ0) is 15.5. The van der Waals surface area contributed by atoms with E-state index in [4.69, 9.17) is 11.6 Å². The topological polar surface area (TPSA) is 47.8 Å². The predicted molar refractivity (Wildman–Crippen MR) is 81.4 cm³/mol. The molecule has 1 aromatic heterocycles. The van der Waals surface area contributed by atoms with Crippen LogP contribution in [0.5, 0.6) is 0 Å². The maximum atomic E-state index is 13.8. The highest BCUT2D eigenvalue weighted by atomic mass is 35.5. The molecule has 0 saturated carbocycles. The maximum Gasteiger partial charge on any atom is 0.172 e. The average Bonchev–Trinajstić information content (AvgIpc) is 2.93. The number of carbonyl (C=O) groups excluding carboxylic acids is 1. The molecule has 2 aromatic carbocycles. The summed E-state index contributed by atoms with van der Waals surface area (Å²) in [6.07, 6.45) is 0.634. The molecule has 0 fully saturated rings. The molecular weight excluding hydrogens is 305 g/mol. The Balaban J connectivity index is 2.06. The highest BCUT2D eigenvalue weighted by Gasteiger charge is 2.15. The van der Waals surface area contributed by atoms with Gasteiger partial charge in [0.2, 0.25) is 0 Å². The van der Waals surface area contributed by atoms with Gasteiger partial charge in [-0.25, -0.2) is 9.07 Å². The number of nitrogens with zero attached hydrogens (tertiary/aromatic N) is 3. The first-order valence-corrected chi connectivity index (χ1v) is 6.95. The van der Waals surface area contributed by atoms with Crippen LogP contribution in [0.1, 0.15) is 16.1 Å². The van der Waals surface area contributed by atoms with E-state index in [1.54, 1.807) is 42.5 Å². The van der Waals surface area contributed by atoms with Crippen molar-refractivity contribution in [3.8, 4) is 11.3 Å². The molecule has 110 valence electrons. The van der Waals surface area contributed by atoms with Crippen molar-refractivity contribution in [1.29, 1.82) is 0 Å². The van der Waals surface area contributed by atoms with Crippen LogP contribution in [0.25, 0.3) is 11.3 Å². The van der Waals surface area contributed by atoms with Gasteiger partial charge < -0.3 is 0 Å². The molecule has 0 amide bonds. The van der Waals surface area contributed by atoms with Crippen LogP contribution in [0.15, 0.2) is 48.5 Å². The largest absolute Gasteiger partial charge is 0.296 e. The number of aromatic nitrogens is 3. The van der Waals surface area contributed by atoms with E-state index in [1.807, 2.05) is 0 Å². The van der Waals surface area contributed by atoms with Crippen LogP contribution in [0.2, 0.25) is 5.02 Å². The molecule has 4 nitrogen and oxygen atoms in total. The zero-order valence-electron chi connectivity index (χ0n) is 11.4. The van der Waals surface area contributed by atoms with Crippen LogP contribution in [0, 0.1) is 5.82 Å². The van der Waals surface area contributed by atoms with Gasteiger partial charge in [-0.1, -0.05) is 47.1 Å². The van der Waals surface area contributed by atoms with Gasteiger partial charge >= 0.3 is 0 Å². The molecule has 22 heavy (non-hydrogen) atoms. The van der Waals surface area contributed by atoms with Crippen LogP contribution in [0.3, 0.4) is 0 Å². The second-order valence-corrected chi connectivity index (χ2v) is 5.13. The van der Waals surface area contributed by atoms with E-state index in [0.717, 1.165) is 5.56 Å². The Morgan fingerprint density at radius 2 is 1.86 bits per heavy atom. The van der Waals surface area contributed by atoms with Crippen LogP contribution in [0.4, 0.5) is 4.39 Å². The minimum Gasteiger partial charge on any atom is -0.296 e. The van der Waals surface area contributed by atoms with Crippen LogP contribution >= 0.6 is 11.6 Å². The van der Waals surface area contributed by atoms with Gasteiger partial charge in [0.15, 0.2) is 12.0 Å². The summed E-state index contributed by atoms with van der Waals surface area (Å²) in [6, 6.07) is 13.4. The van der Waals surface area contributed by atoms with E-state index >= 15 is 0 Å². The number of halogens is 2. The first-order valence-electron chi connectivity index (χ1n) is 6.57. The van der Waals surface area contributed by atoms with E-state index in [1.165, 1.54) is 10.7 Å². The lowest BCUT2D eigenvalue weighted by Gasteiger charge is -2.08. The Hall–Kier alpha value is -2.53. The molecular formula is C16H11ClFN3O. The van der Waals surface area contributed by atoms with Crippen LogP contribution in [-0.4, -0.2) is 21.3 Å². The van der Waals surface area contributed by atoms with E-state index in [2.05, 4.69) is 10.3 Å². The quantitative estimate of drug-likeness (QED) is 0.691. The van der Waals surface area contributed by atoms with E-state index in [-0.39, 0.29) is 18.1 Å². The second-order valence-electron chi connectivity index (χ2n) is 4.70. The summed E-state index contributed by atoms with van der Waals surface area (Å²) in [4.78, 5) is 11.2. The summed E-state index contributed by atoms with van der Waals surface area (Å²) >= 11 is 5.88. The molecule has 0 unspecified atom stereocenters. The molecule has 0 bridgehead atoms. The van der Waals surface area contributed by atoms with Crippen molar-refractivity contribution in [3.63, 3.8) is 0 Å². The average molecular weight is 316 g/mol. The number of hydrogen-bond acceptors (Lipinski definition) is 3. The molecule has 3 rings (SSSR count). The highest BCUT2D eigenvalue weighted by molar-refractivity contribution is 6.30. The minimum absolute atomic E-state index is 0.186. The van der Waals surface area contributed by atoms with Crippen LogP contribution in [-0.2, 0) is 6.54 Å². The summed E-state index contributed by atoms with van der Waals surface area (Å²) < 4.78 is 15.3. The molecule has 0 aliphatic rings. The third-order valence-corrected chi connectivity index (χ3v) is 3.52. The number of hydrogen-bond donors (Lipinski definition) is 0. The predicted octanol–water partition coefficient (Wildman–Crippen LogP) is 3.60. The fourth-order valence-electron chi connectivity index (χ4n) is 2.21. The smallest absolute Gasteiger partial charge is 0.172 e. The van der Waals surface area contributed by atoms with Gasteiger partial charge in [-0.15, -0.1) is 5.10 Å². The number of carbonyl (C=O) groups is 1. The molecule has 0 N–H and O–H groups in total. The fraction of sp³-hybridized carbons (Fsp3) is 0.0625. The summed E-state index contributed by atoms with van der Waals surface area (Å²) in [5.74, 6) is -0.326. The Morgan fingerprint density at radius 1 is 1.14 bits per heavy atom. The lowest BCUT2D eigenvalue weighted by molar-refractivity contribution is 0.111. The van der Waals surface area contributed by atoms with Gasteiger partial charge in [0.1, 0.15) is 5.82 Å². The standard InChI is InChI=1S/C16H11ClFN3O/c17-13-7-5-11(6-8-13)16-15(10-22)19-20-21(16)9-12-3-1-2-4-14(12)18/h1-8,10H,9H2. The minimum atomic E-state index is -0.326. The Labute approximate surface area is 131 Å². The Kier molecular flexibility index (Phi) is 3.98. The summed E-state index contributed by atoms with van der Waals surface area (Å²) in [7, 11) is 0. The summed E-state index contributed by atoms with van der Waals surface area (Å²) in [6.45, 7) is 0.186. The monoisotopic (exact) mass is 315 g/mol. The lowest BCUT2D eigenvalue weighted by atomic mass is 10.1. The first-order chi connectivity index (χ1) is 10.7. The zero-order valence-corrected chi connectivity index (χ0v) is 12.2. The molecule has 6 heteroatoms. The molecule has 3 aromatic rings. The lowest BCUT2D eigenvalue weighted by Crippen LogP contribution is -2.06. The van der Waals surface area contributed by atoms with Gasteiger partial charge in [-0.05, 0) is 18.2 Å². The highest BCUT2D eigenvalue weighted by Crippen LogP contribution is 2.24. The van der Waals surface area contributed by atoms with Gasteiger partial charge in [0.25, 0.3) is 0 Å². The van der Waals surface area contributed by atoms with Crippen molar-refractivity contribution < 1.29 is 9.18 Å². The first kappa shape index (κ1) is 14.4. The molecule has 0 spiro atoms. The summed E-state index contributed by atoms with van der Waals surface area (Å²) in [5.41, 5.74) is 1.96. The second kappa shape index (κ2) is 6.07. The fourth-order valence-corrected chi connectivity index (χ4v) is 2.34. The molecule has 0 saturated heterocycles. The molecule has 0 radical (unpaired) electrons. The van der Waals surface area contributed by atoms with Crippen molar-refractivity contribution in [3.05, 3.63) is 70.6 Å². The number of rotatable bonds is 4. The third kappa shape index (κ3) is 2.76.